The Morgan fingerprint density at radius 2 is 2.40 bits per heavy atom. The lowest BCUT2D eigenvalue weighted by molar-refractivity contribution is -0.121. The van der Waals surface area contributed by atoms with Crippen LogP contribution in [0.2, 0.25) is 0 Å². The predicted octanol–water partition coefficient (Wildman–Crippen LogP) is 0.679. The van der Waals surface area contributed by atoms with E-state index in [1.807, 2.05) is 13.8 Å². The third kappa shape index (κ3) is 2.41. The summed E-state index contributed by atoms with van der Waals surface area (Å²) in [7, 11) is 0. The van der Waals surface area contributed by atoms with Crippen LogP contribution in [0.4, 0.5) is 0 Å². The summed E-state index contributed by atoms with van der Waals surface area (Å²) in [5.74, 6) is -0.0732. The quantitative estimate of drug-likeness (QED) is 0.784. The third-order valence-electron chi connectivity index (χ3n) is 3.47. The largest absolute Gasteiger partial charge is 0.394 e. The van der Waals surface area contributed by atoms with Crippen molar-refractivity contribution >= 4 is 28.7 Å². The summed E-state index contributed by atoms with van der Waals surface area (Å²) in [4.78, 5) is 21.8. The molecule has 3 aliphatic rings. The van der Waals surface area contributed by atoms with Gasteiger partial charge in [-0.15, -0.1) is 0 Å². The number of ether oxygens (including phenoxy) is 1. The maximum atomic E-state index is 12.3. The molecule has 3 rings (SSSR count). The van der Waals surface area contributed by atoms with Gasteiger partial charge < -0.3 is 9.84 Å². The fourth-order valence-corrected chi connectivity index (χ4v) is 3.75. The van der Waals surface area contributed by atoms with Crippen LogP contribution < -0.4 is 5.32 Å². The van der Waals surface area contributed by atoms with Crippen molar-refractivity contribution < 1.29 is 14.6 Å². The van der Waals surface area contributed by atoms with Crippen LogP contribution in [0.15, 0.2) is 20.5 Å². The Bertz CT molecular complexity index is 551. The van der Waals surface area contributed by atoms with E-state index in [1.165, 1.54) is 11.8 Å². The average Bonchev–Trinajstić information content (AvgIpc) is 2.73. The molecular weight excluding hydrogens is 278 g/mol. The van der Waals surface area contributed by atoms with Gasteiger partial charge in [0.1, 0.15) is 5.92 Å². The van der Waals surface area contributed by atoms with Gasteiger partial charge in [0.2, 0.25) is 11.9 Å². The molecule has 6 nitrogen and oxygen atoms in total. The molecule has 0 spiro atoms. The minimum Gasteiger partial charge on any atom is -0.394 e. The highest BCUT2D eigenvalue weighted by Crippen LogP contribution is 2.46. The second kappa shape index (κ2) is 4.98. The molecule has 0 saturated heterocycles. The van der Waals surface area contributed by atoms with Crippen LogP contribution in [-0.4, -0.2) is 47.4 Å². The minimum atomic E-state index is -0.286. The minimum absolute atomic E-state index is 0.0580. The zero-order chi connectivity index (χ0) is 14.3. The van der Waals surface area contributed by atoms with E-state index < -0.39 is 0 Å². The highest BCUT2D eigenvalue weighted by molar-refractivity contribution is 8.17. The zero-order valence-electron chi connectivity index (χ0n) is 11.5. The standard InChI is InChI=1S/C13H17N3O3S/c1-13(2)5-7-8(6-19-13)20-11-9(7)10(18)15-12(16-11)14-3-4-17/h9,17H,3-6H2,1-2H3,(H,14,15,18). The lowest BCUT2D eigenvalue weighted by Gasteiger charge is -2.32. The van der Waals surface area contributed by atoms with Gasteiger partial charge in [-0.05, 0) is 25.8 Å². The average molecular weight is 295 g/mol. The predicted molar refractivity (Wildman–Crippen MR) is 77.7 cm³/mol. The summed E-state index contributed by atoms with van der Waals surface area (Å²) in [5, 5.41) is 12.3. The normalized spacial score (nSPS) is 29.9. The first-order chi connectivity index (χ1) is 9.50. The summed E-state index contributed by atoms with van der Waals surface area (Å²) >= 11 is 1.52. The van der Waals surface area contributed by atoms with Crippen molar-refractivity contribution in [1.82, 2.24) is 5.32 Å². The lowest BCUT2D eigenvalue weighted by Crippen LogP contribution is -2.43. The van der Waals surface area contributed by atoms with E-state index in [-0.39, 0.29) is 30.6 Å². The van der Waals surface area contributed by atoms with E-state index in [4.69, 9.17) is 9.84 Å². The molecule has 0 aromatic rings. The Hall–Kier alpha value is -1.18. The molecule has 2 N–H and O–H groups in total. The van der Waals surface area contributed by atoms with Crippen molar-refractivity contribution in [3.8, 4) is 0 Å². The van der Waals surface area contributed by atoms with Crippen molar-refractivity contribution in [3.05, 3.63) is 10.5 Å². The number of nitrogens with one attached hydrogen (secondary N) is 1. The third-order valence-corrected chi connectivity index (χ3v) is 4.63. The highest BCUT2D eigenvalue weighted by atomic mass is 32.2. The number of carbonyl (C=O) groups excluding carboxylic acids is 1. The van der Waals surface area contributed by atoms with Gasteiger partial charge in [-0.2, -0.15) is 0 Å². The second-order valence-corrected chi connectivity index (χ2v) is 6.69. The first kappa shape index (κ1) is 13.8. The van der Waals surface area contributed by atoms with Crippen molar-refractivity contribution in [2.24, 2.45) is 15.9 Å². The molecule has 0 bridgehead atoms. The Labute approximate surface area is 121 Å². The SMILES string of the molecule is CC1(C)CC2=C(CO1)SC1=NC(=NCCO)NC(=O)C12. The summed E-state index contributed by atoms with van der Waals surface area (Å²) in [6.45, 7) is 4.79. The molecule has 108 valence electrons. The number of hydrogen-bond acceptors (Lipinski definition) is 5. The van der Waals surface area contributed by atoms with Gasteiger partial charge in [-0.25, -0.2) is 9.98 Å². The van der Waals surface area contributed by atoms with Crippen molar-refractivity contribution in [1.29, 1.82) is 0 Å². The molecule has 0 aromatic heterocycles. The molecule has 7 heteroatoms. The first-order valence-corrected chi connectivity index (χ1v) is 7.40. The van der Waals surface area contributed by atoms with E-state index in [0.29, 0.717) is 12.6 Å². The monoisotopic (exact) mass is 295 g/mol. The van der Waals surface area contributed by atoms with Crippen LogP contribution in [0.1, 0.15) is 20.3 Å². The van der Waals surface area contributed by atoms with Gasteiger partial charge in [0.05, 0.1) is 30.4 Å². The van der Waals surface area contributed by atoms with Crippen LogP contribution in [0.25, 0.3) is 0 Å². The van der Waals surface area contributed by atoms with E-state index >= 15 is 0 Å². The van der Waals surface area contributed by atoms with E-state index in [2.05, 4.69) is 15.3 Å². The number of aliphatic hydroxyl groups excluding tert-OH is 1. The number of amides is 1. The topological polar surface area (TPSA) is 83.3 Å². The lowest BCUT2D eigenvalue weighted by atomic mass is 9.87. The van der Waals surface area contributed by atoms with Crippen LogP contribution in [-0.2, 0) is 9.53 Å². The van der Waals surface area contributed by atoms with Crippen molar-refractivity contribution in [2.45, 2.75) is 25.9 Å². The van der Waals surface area contributed by atoms with Gasteiger partial charge in [-0.1, -0.05) is 11.8 Å². The molecule has 20 heavy (non-hydrogen) atoms. The number of rotatable bonds is 2. The number of thioether (sulfide) groups is 1. The van der Waals surface area contributed by atoms with E-state index in [1.54, 1.807) is 0 Å². The van der Waals surface area contributed by atoms with Gasteiger partial charge >= 0.3 is 0 Å². The molecular formula is C13H17N3O3S. The molecule has 0 fully saturated rings. The van der Waals surface area contributed by atoms with Crippen molar-refractivity contribution in [2.75, 3.05) is 19.8 Å². The van der Waals surface area contributed by atoms with Crippen LogP contribution in [0.5, 0.6) is 0 Å². The number of nitrogens with zero attached hydrogens (tertiary/aromatic N) is 2. The van der Waals surface area contributed by atoms with Gasteiger partial charge in [0, 0.05) is 4.91 Å². The number of guanidine groups is 1. The maximum Gasteiger partial charge on any atom is 0.240 e. The number of carbonyl (C=O) groups is 1. The number of hydrogen-bond donors (Lipinski definition) is 2. The van der Waals surface area contributed by atoms with E-state index in [0.717, 1.165) is 21.9 Å². The maximum absolute atomic E-state index is 12.3. The zero-order valence-corrected chi connectivity index (χ0v) is 12.3. The molecule has 0 aliphatic carbocycles. The summed E-state index contributed by atoms with van der Waals surface area (Å²) in [5.41, 5.74) is 0.893. The molecule has 3 aliphatic heterocycles. The van der Waals surface area contributed by atoms with Crippen LogP contribution >= 0.6 is 11.8 Å². The smallest absolute Gasteiger partial charge is 0.240 e. The number of fused-ring (bicyclic) bond motifs is 2. The Balaban J connectivity index is 1.89. The molecule has 0 saturated carbocycles. The Kier molecular flexibility index (Phi) is 3.43. The molecule has 1 amide bonds. The molecule has 1 unspecified atom stereocenters. The molecule has 3 heterocycles. The summed E-state index contributed by atoms with van der Waals surface area (Å²) < 4.78 is 5.78. The highest BCUT2D eigenvalue weighted by Gasteiger charge is 2.44. The molecule has 1 atom stereocenters. The first-order valence-electron chi connectivity index (χ1n) is 6.59. The summed E-state index contributed by atoms with van der Waals surface area (Å²) in [6.07, 6.45) is 0.746. The van der Waals surface area contributed by atoms with E-state index in [9.17, 15) is 4.79 Å². The second-order valence-electron chi connectivity index (χ2n) is 5.58. The fourth-order valence-electron chi connectivity index (χ4n) is 2.56. The van der Waals surface area contributed by atoms with Crippen molar-refractivity contribution in [3.63, 3.8) is 0 Å². The van der Waals surface area contributed by atoms with Crippen LogP contribution in [0, 0.1) is 5.92 Å². The molecule has 0 aromatic carbocycles. The molecule has 0 radical (unpaired) electrons. The van der Waals surface area contributed by atoms with Gasteiger partial charge in [0.25, 0.3) is 0 Å². The number of aliphatic hydroxyl groups is 1. The van der Waals surface area contributed by atoms with Gasteiger partial charge in [0.15, 0.2) is 0 Å². The summed E-state index contributed by atoms with van der Waals surface area (Å²) in [6, 6.07) is 0. The number of aliphatic imine (C=N–C) groups is 2. The van der Waals surface area contributed by atoms with Gasteiger partial charge in [-0.3, -0.25) is 10.1 Å². The Morgan fingerprint density at radius 3 is 3.15 bits per heavy atom. The Morgan fingerprint density at radius 1 is 1.60 bits per heavy atom. The fraction of sp³-hybridized carbons (Fsp3) is 0.615. The van der Waals surface area contributed by atoms with Crippen LogP contribution in [0.3, 0.4) is 0 Å².